The summed E-state index contributed by atoms with van der Waals surface area (Å²) in [6.07, 6.45) is 2.36. The Morgan fingerprint density at radius 1 is 1.25 bits per heavy atom. The minimum Gasteiger partial charge on any atom is -0.384 e. The Morgan fingerprint density at radius 3 is 2.56 bits per heavy atom. The molecule has 0 spiro atoms. The number of hydrogen-bond acceptors (Lipinski definition) is 2. The number of para-hydroxylation sites is 1. The Bertz CT molecular complexity index is 360. The molecule has 0 radical (unpaired) electrons. The highest BCUT2D eigenvalue weighted by Gasteiger charge is 2.30. The third kappa shape index (κ3) is 3.63. The van der Waals surface area contributed by atoms with Crippen LogP contribution in [0.15, 0.2) is 29.2 Å². The standard InChI is InChI=1S/C11H12F3NS/c12-11(13,14)16-10-4-2-1-3-9(10)15-7-8-5-6-8/h1-4,8,15H,5-7H2. The summed E-state index contributed by atoms with van der Waals surface area (Å²) >= 11 is -0.0631. The molecule has 0 heterocycles. The summed E-state index contributed by atoms with van der Waals surface area (Å²) in [6, 6.07) is 6.55. The molecule has 1 aliphatic carbocycles. The first-order valence-corrected chi connectivity index (χ1v) is 5.95. The Kier molecular flexibility index (Phi) is 3.33. The number of nitrogens with one attached hydrogen (secondary N) is 1. The first kappa shape index (κ1) is 11.6. The van der Waals surface area contributed by atoms with Gasteiger partial charge < -0.3 is 5.32 Å². The van der Waals surface area contributed by atoms with Gasteiger partial charge in [-0.25, -0.2) is 0 Å². The molecule has 1 aromatic rings. The van der Waals surface area contributed by atoms with E-state index in [-0.39, 0.29) is 16.7 Å². The van der Waals surface area contributed by atoms with Crippen LogP contribution in [0.1, 0.15) is 12.8 Å². The highest BCUT2D eigenvalue weighted by atomic mass is 32.2. The molecule has 0 bridgehead atoms. The number of thioether (sulfide) groups is 1. The lowest BCUT2D eigenvalue weighted by Crippen LogP contribution is -2.06. The van der Waals surface area contributed by atoms with Crippen LogP contribution < -0.4 is 5.32 Å². The fourth-order valence-electron chi connectivity index (χ4n) is 1.40. The average molecular weight is 247 g/mol. The molecule has 16 heavy (non-hydrogen) atoms. The molecule has 0 aromatic heterocycles. The van der Waals surface area contributed by atoms with Gasteiger partial charge in [-0.1, -0.05) is 12.1 Å². The molecule has 2 rings (SSSR count). The maximum atomic E-state index is 12.3. The molecule has 0 unspecified atom stereocenters. The predicted octanol–water partition coefficient (Wildman–Crippen LogP) is 4.12. The molecular formula is C11H12F3NS. The highest BCUT2D eigenvalue weighted by molar-refractivity contribution is 8.00. The second-order valence-corrected chi connectivity index (χ2v) is 4.98. The van der Waals surface area contributed by atoms with Crippen molar-refractivity contribution < 1.29 is 13.2 Å². The van der Waals surface area contributed by atoms with Crippen molar-refractivity contribution in [2.45, 2.75) is 23.2 Å². The Hall–Kier alpha value is -0.840. The molecule has 0 atom stereocenters. The predicted molar refractivity (Wildman–Crippen MR) is 59.6 cm³/mol. The minimum absolute atomic E-state index is 0.0631. The van der Waals surface area contributed by atoms with Crippen LogP contribution in [-0.4, -0.2) is 12.1 Å². The smallest absolute Gasteiger partial charge is 0.384 e. The molecule has 5 heteroatoms. The fourth-order valence-corrected chi connectivity index (χ4v) is 2.05. The SMILES string of the molecule is FC(F)(F)Sc1ccccc1NCC1CC1. The number of alkyl halides is 3. The zero-order chi connectivity index (χ0) is 11.6. The molecule has 1 saturated carbocycles. The second kappa shape index (κ2) is 4.57. The summed E-state index contributed by atoms with van der Waals surface area (Å²) in [5.41, 5.74) is -3.64. The molecule has 1 aliphatic rings. The fraction of sp³-hybridized carbons (Fsp3) is 0.455. The van der Waals surface area contributed by atoms with E-state index in [9.17, 15) is 13.2 Å². The van der Waals surface area contributed by atoms with Crippen molar-refractivity contribution in [1.82, 2.24) is 0 Å². The van der Waals surface area contributed by atoms with Gasteiger partial charge in [-0.2, -0.15) is 13.2 Å². The molecule has 1 N–H and O–H groups in total. The molecular weight excluding hydrogens is 235 g/mol. The van der Waals surface area contributed by atoms with E-state index in [1.54, 1.807) is 18.2 Å². The summed E-state index contributed by atoms with van der Waals surface area (Å²) in [5.74, 6) is 0.643. The molecule has 1 fully saturated rings. The number of benzene rings is 1. The van der Waals surface area contributed by atoms with Gasteiger partial charge in [-0.05, 0) is 42.7 Å². The summed E-state index contributed by atoms with van der Waals surface area (Å²) in [5, 5.41) is 3.08. The summed E-state index contributed by atoms with van der Waals surface area (Å²) in [7, 11) is 0. The van der Waals surface area contributed by atoms with Gasteiger partial charge in [0.2, 0.25) is 0 Å². The van der Waals surface area contributed by atoms with Gasteiger partial charge in [0.15, 0.2) is 0 Å². The zero-order valence-electron chi connectivity index (χ0n) is 8.55. The van der Waals surface area contributed by atoms with E-state index in [2.05, 4.69) is 5.32 Å². The van der Waals surface area contributed by atoms with Crippen molar-refractivity contribution in [2.75, 3.05) is 11.9 Å². The number of rotatable bonds is 4. The maximum absolute atomic E-state index is 12.3. The van der Waals surface area contributed by atoms with Gasteiger partial charge in [0.25, 0.3) is 0 Å². The van der Waals surface area contributed by atoms with Crippen LogP contribution in [0.5, 0.6) is 0 Å². The molecule has 0 aliphatic heterocycles. The largest absolute Gasteiger partial charge is 0.446 e. The lowest BCUT2D eigenvalue weighted by atomic mass is 10.3. The van der Waals surface area contributed by atoms with Crippen molar-refractivity contribution in [1.29, 1.82) is 0 Å². The minimum atomic E-state index is -4.22. The Morgan fingerprint density at radius 2 is 1.94 bits per heavy atom. The highest BCUT2D eigenvalue weighted by Crippen LogP contribution is 2.40. The van der Waals surface area contributed by atoms with Crippen LogP contribution in [0.2, 0.25) is 0 Å². The number of halogens is 3. The quantitative estimate of drug-likeness (QED) is 0.803. The van der Waals surface area contributed by atoms with Crippen molar-refractivity contribution in [3.8, 4) is 0 Å². The lowest BCUT2D eigenvalue weighted by molar-refractivity contribution is -0.0327. The van der Waals surface area contributed by atoms with Gasteiger partial charge >= 0.3 is 5.51 Å². The summed E-state index contributed by atoms with van der Waals surface area (Å²) in [6.45, 7) is 0.773. The molecule has 0 saturated heterocycles. The van der Waals surface area contributed by atoms with E-state index < -0.39 is 5.51 Å². The van der Waals surface area contributed by atoms with Gasteiger partial charge in [-0.3, -0.25) is 0 Å². The van der Waals surface area contributed by atoms with Gasteiger partial charge in [0, 0.05) is 17.1 Å². The number of anilines is 1. The summed E-state index contributed by atoms with van der Waals surface area (Å²) < 4.78 is 36.8. The van der Waals surface area contributed by atoms with Crippen molar-refractivity contribution in [3.05, 3.63) is 24.3 Å². The lowest BCUT2D eigenvalue weighted by Gasteiger charge is -2.12. The van der Waals surface area contributed by atoms with Crippen molar-refractivity contribution >= 4 is 17.4 Å². The van der Waals surface area contributed by atoms with Crippen molar-refractivity contribution in [2.24, 2.45) is 5.92 Å². The molecule has 1 nitrogen and oxygen atoms in total. The third-order valence-corrected chi connectivity index (χ3v) is 3.20. The van der Waals surface area contributed by atoms with Gasteiger partial charge in [-0.15, -0.1) is 0 Å². The number of hydrogen-bond donors (Lipinski definition) is 1. The average Bonchev–Trinajstić information content (AvgIpc) is 2.98. The molecule has 0 amide bonds. The Balaban J connectivity index is 2.03. The van der Waals surface area contributed by atoms with Crippen LogP contribution in [0.25, 0.3) is 0 Å². The van der Waals surface area contributed by atoms with Crippen LogP contribution in [0.3, 0.4) is 0 Å². The van der Waals surface area contributed by atoms with E-state index in [1.807, 2.05) is 0 Å². The second-order valence-electron chi connectivity index (χ2n) is 3.87. The summed E-state index contributed by atoms with van der Waals surface area (Å²) in [4.78, 5) is 0.246. The van der Waals surface area contributed by atoms with Crippen LogP contribution >= 0.6 is 11.8 Å². The first-order chi connectivity index (χ1) is 7.54. The van der Waals surface area contributed by atoms with Gasteiger partial charge in [0.05, 0.1) is 0 Å². The van der Waals surface area contributed by atoms with Crippen LogP contribution in [-0.2, 0) is 0 Å². The van der Waals surface area contributed by atoms with E-state index in [0.29, 0.717) is 11.6 Å². The van der Waals surface area contributed by atoms with Crippen molar-refractivity contribution in [3.63, 3.8) is 0 Å². The normalized spacial score (nSPS) is 16.2. The van der Waals surface area contributed by atoms with E-state index >= 15 is 0 Å². The van der Waals surface area contributed by atoms with E-state index in [0.717, 1.165) is 6.54 Å². The van der Waals surface area contributed by atoms with Crippen LogP contribution in [0, 0.1) is 5.92 Å². The molecule has 1 aromatic carbocycles. The Labute approximate surface area is 96.4 Å². The first-order valence-electron chi connectivity index (χ1n) is 5.13. The van der Waals surface area contributed by atoms with Crippen LogP contribution in [0.4, 0.5) is 18.9 Å². The maximum Gasteiger partial charge on any atom is 0.446 e. The topological polar surface area (TPSA) is 12.0 Å². The van der Waals surface area contributed by atoms with E-state index in [4.69, 9.17) is 0 Å². The zero-order valence-corrected chi connectivity index (χ0v) is 9.37. The molecule has 88 valence electrons. The van der Waals surface area contributed by atoms with E-state index in [1.165, 1.54) is 18.9 Å². The monoisotopic (exact) mass is 247 g/mol. The third-order valence-electron chi connectivity index (χ3n) is 2.39. The van der Waals surface area contributed by atoms with Gasteiger partial charge in [0.1, 0.15) is 0 Å².